The van der Waals surface area contributed by atoms with Gasteiger partial charge in [0.05, 0.1) is 26.3 Å². The highest BCUT2D eigenvalue weighted by Crippen LogP contribution is 2.22. The molecule has 1 heterocycles. The zero-order valence-corrected chi connectivity index (χ0v) is 14.5. The van der Waals surface area contributed by atoms with Gasteiger partial charge in [-0.1, -0.05) is 12.1 Å². The van der Waals surface area contributed by atoms with Gasteiger partial charge in [-0.3, -0.25) is 4.79 Å². The third kappa shape index (κ3) is 4.35. The molecule has 0 aliphatic heterocycles. The molecule has 8 nitrogen and oxygen atoms in total. The van der Waals surface area contributed by atoms with Crippen LogP contribution in [0.15, 0.2) is 48.8 Å². The van der Waals surface area contributed by atoms with Gasteiger partial charge in [-0.05, 0) is 45.8 Å². The highest BCUT2D eigenvalue weighted by molar-refractivity contribution is 5.78. The van der Waals surface area contributed by atoms with E-state index in [1.807, 2.05) is 36.4 Å². The van der Waals surface area contributed by atoms with E-state index in [2.05, 4.69) is 20.8 Å². The molecule has 1 amide bonds. The quantitative estimate of drug-likeness (QED) is 0.693. The van der Waals surface area contributed by atoms with Crippen LogP contribution >= 0.6 is 0 Å². The molecule has 0 spiro atoms. The molecule has 0 radical (unpaired) electrons. The Bertz CT molecular complexity index is 841. The van der Waals surface area contributed by atoms with Gasteiger partial charge in [-0.15, -0.1) is 5.10 Å². The van der Waals surface area contributed by atoms with E-state index < -0.39 is 0 Å². The highest BCUT2D eigenvalue weighted by Gasteiger charge is 2.07. The lowest BCUT2D eigenvalue weighted by atomic mass is 10.1. The van der Waals surface area contributed by atoms with Gasteiger partial charge in [0.15, 0.2) is 0 Å². The number of aromatic nitrogens is 4. The number of carbonyl (C=O) groups excluding carboxylic acids is 1. The zero-order chi connectivity index (χ0) is 18.4. The van der Waals surface area contributed by atoms with Crippen molar-refractivity contribution in [2.75, 3.05) is 14.2 Å². The van der Waals surface area contributed by atoms with Crippen molar-refractivity contribution >= 4 is 5.91 Å². The summed E-state index contributed by atoms with van der Waals surface area (Å²) in [7, 11) is 3.19. The van der Waals surface area contributed by atoms with Gasteiger partial charge in [0.1, 0.15) is 17.8 Å². The molecule has 134 valence electrons. The van der Waals surface area contributed by atoms with Crippen molar-refractivity contribution in [3.8, 4) is 17.2 Å². The Morgan fingerprint density at radius 2 is 1.73 bits per heavy atom. The van der Waals surface area contributed by atoms with Crippen molar-refractivity contribution in [2.24, 2.45) is 0 Å². The number of amides is 1. The van der Waals surface area contributed by atoms with Gasteiger partial charge in [0.2, 0.25) is 5.91 Å². The van der Waals surface area contributed by atoms with Crippen molar-refractivity contribution in [1.29, 1.82) is 0 Å². The van der Waals surface area contributed by atoms with Gasteiger partial charge in [-0.25, -0.2) is 4.68 Å². The average Bonchev–Trinajstić information content (AvgIpc) is 3.21. The normalized spacial score (nSPS) is 10.4. The van der Waals surface area contributed by atoms with Gasteiger partial charge in [-0.2, -0.15) is 0 Å². The van der Waals surface area contributed by atoms with E-state index in [9.17, 15) is 4.79 Å². The minimum absolute atomic E-state index is 0.0676. The second-order valence-corrected chi connectivity index (χ2v) is 5.60. The van der Waals surface area contributed by atoms with Crippen LogP contribution in [-0.4, -0.2) is 40.3 Å². The average molecular weight is 353 g/mol. The van der Waals surface area contributed by atoms with Crippen LogP contribution in [0.5, 0.6) is 11.5 Å². The molecule has 0 aliphatic carbocycles. The van der Waals surface area contributed by atoms with E-state index >= 15 is 0 Å². The molecule has 0 saturated heterocycles. The monoisotopic (exact) mass is 353 g/mol. The zero-order valence-electron chi connectivity index (χ0n) is 14.5. The molecule has 3 aromatic rings. The fourth-order valence-electron chi connectivity index (χ4n) is 2.46. The summed E-state index contributed by atoms with van der Waals surface area (Å²) in [6.07, 6.45) is 1.81. The van der Waals surface area contributed by atoms with Crippen LogP contribution in [0.25, 0.3) is 5.69 Å². The Morgan fingerprint density at radius 3 is 2.31 bits per heavy atom. The number of ether oxygens (including phenoxy) is 2. The van der Waals surface area contributed by atoms with E-state index in [4.69, 9.17) is 9.47 Å². The second kappa shape index (κ2) is 8.11. The maximum absolute atomic E-state index is 12.2. The van der Waals surface area contributed by atoms with E-state index in [1.54, 1.807) is 25.0 Å². The van der Waals surface area contributed by atoms with Crippen LogP contribution in [0, 0.1) is 0 Å². The molecule has 26 heavy (non-hydrogen) atoms. The maximum atomic E-state index is 12.2. The first-order valence-electron chi connectivity index (χ1n) is 7.99. The summed E-state index contributed by atoms with van der Waals surface area (Å²) < 4.78 is 12.0. The molecular formula is C18H19N5O3. The third-order valence-electron chi connectivity index (χ3n) is 3.82. The summed E-state index contributed by atoms with van der Waals surface area (Å²) in [6, 6.07) is 13.0. The van der Waals surface area contributed by atoms with E-state index in [1.165, 1.54) is 6.33 Å². The molecule has 1 N–H and O–H groups in total. The predicted octanol–water partition coefficient (Wildman–Crippen LogP) is 1.54. The highest BCUT2D eigenvalue weighted by atomic mass is 16.5. The summed E-state index contributed by atoms with van der Waals surface area (Å²) in [5, 5.41) is 13.9. The van der Waals surface area contributed by atoms with Gasteiger partial charge < -0.3 is 14.8 Å². The Morgan fingerprint density at radius 1 is 1.04 bits per heavy atom. The largest absolute Gasteiger partial charge is 0.497 e. The van der Waals surface area contributed by atoms with Gasteiger partial charge in [0.25, 0.3) is 0 Å². The molecule has 2 aromatic carbocycles. The molecular weight excluding hydrogens is 334 g/mol. The molecule has 3 rings (SSSR count). The van der Waals surface area contributed by atoms with Crippen molar-refractivity contribution in [1.82, 2.24) is 25.5 Å². The fourth-order valence-corrected chi connectivity index (χ4v) is 2.46. The van der Waals surface area contributed by atoms with Crippen molar-refractivity contribution in [2.45, 2.75) is 13.0 Å². The van der Waals surface area contributed by atoms with E-state index in [0.717, 1.165) is 16.8 Å². The minimum atomic E-state index is -0.0676. The van der Waals surface area contributed by atoms with Crippen LogP contribution in [0.3, 0.4) is 0 Å². The Hall–Kier alpha value is -3.42. The van der Waals surface area contributed by atoms with Gasteiger partial charge >= 0.3 is 0 Å². The number of hydrogen-bond donors (Lipinski definition) is 1. The fraction of sp³-hybridized carbons (Fsp3) is 0.222. The lowest BCUT2D eigenvalue weighted by molar-refractivity contribution is -0.120. The molecule has 1 aromatic heterocycles. The summed E-state index contributed by atoms with van der Waals surface area (Å²) in [4.78, 5) is 12.2. The Labute approximate surface area is 150 Å². The standard InChI is InChI=1S/C18H19N5O3/c1-25-16-7-14(8-17(10-16)26-2)11-19-18(24)9-13-3-5-15(6-4-13)23-12-20-21-22-23/h3-8,10,12H,9,11H2,1-2H3,(H,19,24). The summed E-state index contributed by atoms with van der Waals surface area (Å²) in [5.74, 6) is 1.31. The van der Waals surface area contributed by atoms with Crippen LogP contribution in [0.4, 0.5) is 0 Å². The molecule has 0 bridgehead atoms. The lowest BCUT2D eigenvalue weighted by Gasteiger charge is -2.10. The number of benzene rings is 2. The van der Waals surface area contributed by atoms with Crippen LogP contribution in [-0.2, 0) is 17.8 Å². The van der Waals surface area contributed by atoms with E-state index in [-0.39, 0.29) is 12.3 Å². The Balaban J connectivity index is 1.57. The molecule has 0 unspecified atom stereocenters. The number of rotatable bonds is 7. The lowest BCUT2D eigenvalue weighted by Crippen LogP contribution is -2.24. The number of tetrazole rings is 1. The van der Waals surface area contributed by atoms with Crippen molar-refractivity contribution in [3.63, 3.8) is 0 Å². The van der Waals surface area contributed by atoms with Crippen LogP contribution in [0.2, 0.25) is 0 Å². The molecule has 0 atom stereocenters. The van der Waals surface area contributed by atoms with Crippen LogP contribution in [0.1, 0.15) is 11.1 Å². The maximum Gasteiger partial charge on any atom is 0.224 e. The second-order valence-electron chi connectivity index (χ2n) is 5.60. The van der Waals surface area contributed by atoms with E-state index in [0.29, 0.717) is 18.0 Å². The molecule has 8 heteroatoms. The number of carbonyl (C=O) groups is 1. The first-order valence-corrected chi connectivity index (χ1v) is 7.99. The summed E-state index contributed by atoms with van der Waals surface area (Å²) in [6.45, 7) is 0.398. The molecule has 0 fully saturated rings. The Kier molecular flexibility index (Phi) is 5.43. The van der Waals surface area contributed by atoms with Gasteiger partial charge in [0, 0.05) is 12.6 Å². The summed E-state index contributed by atoms with van der Waals surface area (Å²) >= 11 is 0. The number of nitrogens with zero attached hydrogens (tertiary/aromatic N) is 4. The molecule has 0 aliphatic rings. The number of methoxy groups -OCH3 is 2. The topological polar surface area (TPSA) is 91.2 Å². The SMILES string of the molecule is COc1cc(CNC(=O)Cc2ccc(-n3cnnn3)cc2)cc(OC)c1. The summed E-state index contributed by atoms with van der Waals surface area (Å²) in [5.41, 5.74) is 2.65. The minimum Gasteiger partial charge on any atom is -0.497 e. The first kappa shape index (κ1) is 17.4. The smallest absolute Gasteiger partial charge is 0.224 e. The van der Waals surface area contributed by atoms with Crippen LogP contribution < -0.4 is 14.8 Å². The van der Waals surface area contributed by atoms with Crippen molar-refractivity contribution in [3.05, 3.63) is 59.9 Å². The number of nitrogens with one attached hydrogen (secondary N) is 1. The molecule has 0 saturated carbocycles. The van der Waals surface area contributed by atoms with Crippen molar-refractivity contribution < 1.29 is 14.3 Å². The predicted molar refractivity (Wildman–Crippen MR) is 94.3 cm³/mol. The first-order chi connectivity index (χ1) is 12.7. The number of hydrogen-bond acceptors (Lipinski definition) is 6. The third-order valence-corrected chi connectivity index (χ3v) is 3.82.